The van der Waals surface area contributed by atoms with Gasteiger partial charge >= 0.3 is 6.09 Å². The van der Waals surface area contributed by atoms with E-state index in [-0.39, 0.29) is 5.91 Å². The lowest BCUT2D eigenvalue weighted by Crippen LogP contribution is -2.29. The number of amides is 2. The number of carbonyl (C=O) groups is 2. The molecule has 2 amide bonds. The van der Waals surface area contributed by atoms with E-state index >= 15 is 0 Å². The van der Waals surface area contributed by atoms with Crippen LogP contribution in [0.1, 0.15) is 55.5 Å². The molecule has 1 aromatic rings. The molecule has 0 radical (unpaired) electrons. The quantitative estimate of drug-likeness (QED) is 0.512. The molecule has 0 unspecified atom stereocenters. The van der Waals surface area contributed by atoms with Gasteiger partial charge < -0.3 is 19.7 Å². The first kappa shape index (κ1) is 28.5. The van der Waals surface area contributed by atoms with Gasteiger partial charge in [0.15, 0.2) is 0 Å². The van der Waals surface area contributed by atoms with Crippen LogP contribution in [-0.2, 0) is 9.47 Å². The second-order valence-electron chi connectivity index (χ2n) is 8.67. The Bertz CT molecular complexity index is 1180. The number of allylic oxidation sites excluding steroid dienone is 8. The van der Waals surface area contributed by atoms with Gasteiger partial charge in [-0.15, -0.1) is 0 Å². The molecule has 8 nitrogen and oxygen atoms in total. The standard InChI is InChI=1S/C28H32N4O4.C2H6/c1-35-24-8-4-3-7-20(15-24)22-9-10-23(18-30-19-29-17-22)21-11-12-26(31-28(34)36-2)25(16-21)27(33)32-13-5-6-14-32;1-2/h3-4,7-8,10-12,16-18,29H,5-6,9,13-15,19H2,1-2H3,(H,31,34);1-2H3/b22-17+,23-10+,30-18-;. The van der Waals surface area contributed by atoms with Gasteiger partial charge in [0.1, 0.15) is 6.67 Å². The van der Waals surface area contributed by atoms with Crippen molar-refractivity contribution >= 4 is 29.5 Å². The molecule has 0 saturated carbocycles. The summed E-state index contributed by atoms with van der Waals surface area (Å²) >= 11 is 0. The summed E-state index contributed by atoms with van der Waals surface area (Å²) in [7, 11) is 2.98. The highest BCUT2D eigenvalue weighted by atomic mass is 16.5. The van der Waals surface area contributed by atoms with Gasteiger partial charge in [-0.2, -0.15) is 0 Å². The van der Waals surface area contributed by atoms with Crippen molar-refractivity contribution in [2.24, 2.45) is 4.99 Å². The molecule has 1 aliphatic carbocycles. The first-order valence-corrected chi connectivity index (χ1v) is 13.1. The summed E-state index contributed by atoms with van der Waals surface area (Å²) in [5, 5.41) is 5.94. The summed E-state index contributed by atoms with van der Waals surface area (Å²) in [4.78, 5) is 31.6. The number of anilines is 1. The first-order chi connectivity index (χ1) is 18.6. The van der Waals surface area contributed by atoms with Crippen LogP contribution in [0.4, 0.5) is 10.5 Å². The van der Waals surface area contributed by atoms with Crippen molar-refractivity contribution < 1.29 is 19.1 Å². The molecule has 2 heterocycles. The van der Waals surface area contributed by atoms with Gasteiger partial charge in [0, 0.05) is 31.9 Å². The number of ether oxygens (including phenoxy) is 2. The maximum Gasteiger partial charge on any atom is 0.411 e. The molecular formula is C30H38N4O4. The molecule has 2 aliphatic heterocycles. The third-order valence-corrected chi connectivity index (χ3v) is 6.36. The molecule has 0 atom stereocenters. The monoisotopic (exact) mass is 518 g/mol. The third kappa shape index (κ3) is 7.47. The van der Waals surface area contributed by atoms with Crippen LogP contribution in [0, 0.1) is 0 Å². The number of hydrogen-bond acceptors (Lipinski definition) is 6. The van der Waals surface area contributed by atoms with Crippen molar-refractivity contribution in [3.63, 3.8) is 0 Å². The zero-order chi connectivity index (χ0) is 27.3. The molecule has 3 aliphatic rings. The second-order valence-corrected chi connectivity index (χ2v) is 8.67. The minimum atomic E-state index is -0.613. The van der Waals surface area contributed by atoms with Crippen LogP contribution >= 0.6 is 0 Å². The molecule has 202 valence electrons. The average Bonchev–Trinajstić information content (AvgIpc) is 3.43. The molecular weight excluding hydrogens is 480 g/mol. The number of aliphatic imine (C=N–C) groups is 1. The van der Waals surface area contributed by atoms with Gasteiger partial charge in [-0.3, -0.25) is 15.1 Å². The predicted molar refractivity (Wildman–Crippen MR) is 153 cm³/mol. The zero-order valence-corrected chi connectivity index (χ0v) is 22.8. The fourth-order valence-corrected chi connectivity index (χ4v) is 4.38. The van der Waals surface area contributed by atoms with E-state index in [4.69, 9.17) is 9.47 Å². The highest BCUT2D eigenvalue weighted by Crippen LogP contribution is 2.28. The number of benzene rings is 1. The molecule has 0 spiro atoms. The smallest absolute Gasteiger partial charge is 0.411 e. The highest BCUT2D eigenvalue weighted by Gasteiger charge is 2.23. The van der Waals surface area contributed by atoms with Crippen LogP contribution in [0.2, 0.25) is 0 Å². The van der Waals surface area contributed by atoms with E-state index in [0.717, 1.165) is 40.9 Å². The van der Waals surface area contributed by atoms with Crippen LogP contribution in [-0.4, -0.2) is 57.1 Å². The van der Waals surface area contributed by atoms with E-state index in [1.165, 1.54) is 7.11 Å². The number of hydrogen-bond donors (Lipinski definition) is 2. The van der Waals surface area contributed by atoms with E-state index in [2.05, 4.69) is 27.8 Å². The van der Waals surface area contributed by atoms with Crippen LogP contribution in [0.15, 0.2) is 76.7 Å². The summed E-state index contributed by atoms with van der Waals surface area (Å²) in [6, 6.07) is 5.47. The van der Waals surface area contributed by atoms with Gasteiger partial charge in [0.2, 0.25) is 0 Å². The predicted octanol–water partition coefficient (Wildman–Crippen LogP) is 5.83. The third-order valence-electron chi connectivity index (χ3n) is 6.36. The molecule has 1 saturated heterocycles. The molecule has 0 aromatic heterocycles. The Balaban J connectivity index is 0.00000195. The largest absolute Gasteiger partial charge is 0.501 e. The number of nitrogens with one attached hydrogen (secondary N) is 2. The number of likely N-dealkylation sites (tertiary alicyclic amines) is 1. The fraction of sp³-hybridized carbons (Fsp3) is 0.367. The zero-order valence-electron chi connectivity index (χ0n) is 22.8. The summed E-state index contributed by atoms with van der Waals surface area (Å²) in [6.45, 7) is 5.86. The topological polar surface area (TPSA) is 92.3 Å². The molecule has 8 heteroatoms. The van der Waals surface area contributed by atoms with E-state index < -0.39 is 6.09 Å². The summed E-state index contributed by atoms with van der Waals surface area (Å²) in [6.07, 6.45) is 16.7. The fourth-order valence-electron chi connectivity index (χ4n) is 4.38. The summed E-state index contributed by atoms with van der Waals surface area (Å²) in [5.41, 5.74) is 4.91. The van der Waals surface area contributed by atoms with Crippen molar-refractivity contribution in [3.8, 4) is 0 Å². The lowest BCUT2D eigenvalue weighted by molar-refractivity contribution is 0.0794. The van der Waals surface area contributed by atoms with Crippen LogP contribution < -0.4 is 10.6 Å². The van der Waals surface area contributed by atoms with Crippen molar-refractivity contribution in [3.05, 3.63) is 82.8 Å². The minimum absolute atomic E-state index is 0.0992. The lowest BCUT2D eigenvalue weighted by Gasteiger charge is -2.19. The van der Waals surface area contributed by atoms with Crippen molar-refractivity contribution in [1.82, 2.24) is 10.2 Å². The SMILES string of the molecule is CC.COC(=O)Nc1ccc(C2=C/C/C(C3=CC=CC=C(OC)C3)=C\NC/N=C\2)cc1C(=O)N1CCCC1. The Labute approximate surface area is 225 Å². The molecule has 1 fully saturated rings. The van der Waals surface area contributed by atoms with Gasteiger partial charge in [-0.1, -0.05) is 44.2 Å². The van der Waals surface area contributed by atoms with Crippen molar-refractivity contribution in [2.45, 2.75) is 39.5 Å². The van der Waals surface area contributed by atoms with Crippen molar-refractivity contribution in [1.29, 1.82) is 0 Å². The van der Waals surface area contributed by atoms with E-state index in [0.29, 0.717) is 43.9 Å². The molecule has 38 heavy (non-hydrogen) atoms. The maximum atomic E-state index is 13.3. The molecule has 4 rings (SSSR count). The average molecular weight is 519 g/mol. The number of nitrogens with zero attached hydrogens (tertiary/aromatic N) is 2. The van der Waals surface area contributed by atoms with Gasteiger partial charge in [-0.05, 0) is 59.8 Å². The Kier molecular flexibility index (Phi) is 11.0. The number of methoxy groups -OCH3 is 2. The van der Waals surface area contributed by atoms with E-state index in [9.17, 15) is 9.59 Å². The van der Waals surface area contributed by atoms with Gasteiger partial charge in [0.05, 0.1) is 31.2 Å². The maximum absolute atomic E-state index is 13.3. The van der Waals surface area contributed by atoms with Crippen molar-refractivity contribution in [2.75, 3.05) is 39.3 Å². The molecule has 0 bridgehead atoms. The summed E-state index contributed by atoms with van der Waals surface area (Å²) < 4.78 is 10.2. The Morgan fingerprint density at radius 1 is 1.05 bits per heavy atom. The Morgan fingerprint density at radius 2 is 1.82 bits per heavy atom. The first-order valence-electron chi connectivity index (χ1n) is 13.1. The highest BCUT2D eigenvalue weighted by molar-refractivity contribution is 6.11. The van der Waals surface area contributed by atoms with Gasteiger partial charge in [-0.25, -0.2) is 4.79 Å². The summed E-state index contributed by atoms with van der Waals surface area (Å²) in [5.74, 6) is 0.799. The Hall–Kier alpha value is -4.07. The second kappa shape index (κ2) is 14.6. The number of carbonyl (C=O) groups excluding carboxylic acids is 2. The Morgan fingerprint density at radius 3 is 2.55 bits per heavy atom. The lowest BCUT2D eigenvalue weighted by atomic mass is 9.96. The van der Waals surface area contributed by atoms with E-state index in [1.807, 2.05) is 61.5 Å². The molecule has 1 aromatic carbocycles. The van der Waals surface area contributed by atoms with Gasteiger partial charge in [0.25, 0.3) is 5.91 Å². The van der Waals surface area contributed by atoms with E-state index in [1.54, 1.807) is 13.2 Å². The van der Waals surface area contributed by atoms with Crippen LogP contribution in [0.3, 0.4) is 0 Å². The number of rotatable bonds is 5. The molecule has 2 N–H and O–H groups in total. The normalized spacial score (nSPS) is 20.6. The van der Waals surface area contributed by atoms with Crippen LogP contribution in [0.25, 0.3) is 5.57 Å². The minimum Gasteiger partial charge on any atom is -0.501 e. The van der Waals surface area contributed by atoms with Crippen LogP contribution in [0.5, 0.6) is 0 Å².